The standard InChI is InChI=1S/C13H11ClN4/c14-12-7-17-18(13(12)15)8-10-6-16-5-9-3-1-2-4-11(9)10/h1-7H,8,15H2. The first kappa shape index (κ1) is 11.0. The van der Waals surface area contributed by atoms with Gasteiger partial charge in [0.25, 0.3) is 0 Å². The third-order valence-corrected chi connectivity index (χ3v) is 3.20. The van der Waals surface area contributed by atoms with E-state index in [0.717, 1.165) is 16.3 Å². The largest absolute Gasteiger partial charge is 0.383 e. The summed E-state index contributed by atoms with van der Waals surface area (Å²) < 4.78 is 1.67. The Morgan fingerprint density at radius 1 is 1.17 bits per heavy atom. The summed E-state index contributed by atoms with van der Waals surface area (Å²) in [6.45, 7) is 0.562. The molecular formula is C13H11ClN4. The lowest BCUT2D eigenvalue weighted by molar-refractivity contribution is 0.699. The van der Waals surface area contributed by atoms with Crippen molar-refractivity contribution >= 4 is 28.2 Å². The molecule has 0 saturated carbocycles. The van der Waals surface area contributed by atoms with Crippen LogP contribution in [-0.4, -0.2) is 14.8 Å². The van der Waals surface area contributed by atoms with Crippen molar-refractivity contribution < 1.29 is 0 Å². The van der Waals surface area contributed by atoms with Gasteiger partial charge in [0.2, 0.25) is 0 Å². The lowest BCUT2D eigenvalue weighted by Gasteiger charge is -2.07. The second-order valence-corrected chi connectivity index (χ2v) is 4.46. The summed E-state index contributed by atoms with van der Waals surface area (Å²) in [6.07, 6.45) is 5.23. The highest BCUT2D eigenvalue weighted by atomic mass is 35.5. The number of hydrogen-bond acceptors (Lipinski definition) is 3. The topological polar surface area (TPSA) is 56.7 Å². The molecule has 0 fully saturated rings. The summed E-state index contributed by atoms with van der Waals surface area (Å²) in [4.78, 5) is 4.23. The molecule has 5 heteroatoms. The summed E-state index contributed by atoms with van der Waals surface area (Å²) >= 11 is 5.89. The Morgan fingerprint density at radius 3 is 2.78 bits per heavy atom. The molecule has 0 bridgehead atoms. The van der Waals surface area contributed by atoms with Crippen molar-refractivity contribution in [2.45, 2.75) is 6.54 Å². The highest BCUT2D eigenvalue weighted by molar-refractivity contribution is 6.32. The first-order chi connectivity index (χ1) is 8.75. The van der Waals surface area contributed by atoms with Crippen LogP contribution in [0.4, 0.5) is 5.82 Å². The quantitative estimate of drug-likeness (QED) is 0.769. The highest BCUT2D eigenvalue weighted by Gasteiger charge is 2.07. The van der Waals surface area contributed by atoms with Crippen molar-refractivity contribution in [3.05, 3.63) is 53.4 Å². The summed E-state index contributed by atoms with van der Waals surface area (Å²) in [5.41, 5.74) is 6.91. The van der Waals surface area contributed by atoms with E-state index in [9.17, 15) is 0 Å². The monoisotopic (exact) mass is 258 g/mol. The highest BCUT2D eigenvalue weighted by Crippen LogP contribution is 2.21. The maximum atomic E-state index is 5.89. The minimum Gasteiger partial charge on any atom is -0.383 e. The van der Waals surface area contributed by atoms with E-state index in [1.54, 1.807) is 10.9 Å². The van der Waals surface area contributed by atoms with E-state index in [2.05, 4.69) is 16.1 Å². The van der Waals surface area contributed by atoms with E-state index < -0.39 is 0 Å². The van der Waals surface area contributed by atoms with Gasteiger partial charge in [0, 0.05) is 17.8 Å². The number of nitrogens with zero attached hydrogens (tertiary/aromatic N) is 3. The van der Waals surface area contributed by atoms with Crippen LogP contribution in [0.1, 0.15) is 5.56 Å². The van der Waals surface area contributed by atoms with Gasteiger partial charge in [-0.05, 0) is 10.9 Å². The van der Waals surface area contributed by atoms with Crippen LogP contribution in [0.3, 0.4) is 0 Å². The number of rotatable bonds is 2. The molecule has 2 N–H and O–H groups in total. The summed E-state index contributed by atoms with van der Waals surface area (Å²) in [6, 6.07) is 8.09. The fourth-order valence-corrected chi connectivity index (χ4v) is 2.11. The molecule has 1 aromatic carbocycles. The van der Waals surface area contributed by atoms with Crippen molar-refractivity contribution in [1.29, 1.82) is 0 Å². The fourth-order valence-electron chi connectivity index (χ4n) is 1.96. The van der Waals surface area contributed by atoms with Crippen molar-refractivity contribution in [3.63, 3.8) is 0 Å². The zero-order chi connectivity index (χ0) is 12.5. The van der Waals surface area contributed by atoms with Gasteiger partial charge in [-0.25, -0.2) is 4.68 Å². The lowest BCUT2D eigenvalue weighted by atomic mass is 10.1. The number of halogens is 1. The zero-order valence-electron chi connectivity index (χ0n) is 9.55. The average molecular weight is 259 g/mol. The number of pyridine rings is 1. The molecule has 90 valence electrons. The number of nitrogens with two attached hydrogens (primary N) is 1. The first-order valence-electron chi connectivity index (χ1n) is 5.54. The Balaban J connectivity index is 2.08. The van der Waals surface area contributed by atoms with Gasteiger partial charge in [-0.2, -0.15) is 5.10 Å². The minimum absolute atomic E-state index is 0.475. The third-order valence-electron chi connectivity index (χ3n) is 2.90. The van der Waals surface area contributed by atoms with Crippen molar-refractivity contribution in [1.82, 2.24) is 14.8 Å². The molecule has 2 heterocycles. The first-order valence-corrected chi connectivity index (χ1v) is 5.92. The number of nitrogen functional groups attached to an aromatic ring is 1. The third kappa shape index (κ3) is 1.80. The van der Waals surface area contributed by atoms with Gasteiger partial charge in [0.05, 0.1) is 12.7 Å². The average Bonchev–Trinajstić information content (AvgIpc) is 2.71. The summed E-state index contributed by atoms with van der Waals surface area (Å²) in [7, 11) is 0. The van der Waals surface area contributed by atoms with Crippen LogP contribution in [0.15, 0.2) is 42.9 Å². The van der Waals surface area contributed by atoms with E-state index in [0.29, 0.717) is 17.4 Å². The van der Waals surface area contributed by atoms with Crippen LogP contribution in [0.2, 0.25) is 5.02 Å². The van der Waals surface area contributed by atoms with Gasteiger partial charge in [0.1, 0.15) is 10.8 Å². The maximum absolute atomic E-state index is 5.89. The summed E-state index contributed by atoms with van der Waals surface area (Å²) in [5, 5.41) is 6.88. The zero-order valence-corrected chi connectivity index (χ0v) is 10.3. The SMILES string of the molecule is Nc1c(Cl)cnn1Cc1cncc2ccccc12. The molecule has 0 amide bonds. The van der Waals surface area contributed by atoms with Crippen LogP contribution in [0, 0.1) is 0 Å². The lowest BCUT2D eigenvalue weighted by Crippen LogP contribution is -2.06. The normalized spacial score (nSPS) is 10.9. The molecule has 0 aliphatic rings. The van der Waals surface area contributed by atoms with Crippen LogP contribution < -0.4 is 5.73 Å². The fraction of sp³-hybridized carbons (Fsp3) is 0.0769. The van der Waals surface area contributed by atoms with Gasteiger partial charge in [-0.15, -0.1) is 0 Å². The predicted molar refractivity (Wildman–Crippen MR) is 72.5 cm³/mol. The molecule has 4 nitrogen and oxygen atoms in total. The number of aromatic nitrogens is 3. The Morgan fingerprint density at radius 2 is 2.00 bits per heavy atom. The van der Waals surface area contributed by atoms with Crippen LogP contribution >= 0.6 is 11.6 Å². The Bertz CT molecular complexity index is 700. The number of benzene rings is 1. The smallest absolute Gasteiger partial charge is 0.140 e. The van der Waals surface area contributed by atoms with Crippen LogP contribution in [-0.2, 0) is 6.54 Å². The Kier molecular flexibility index (Phi) is 2.64. The van der Waals surface area contributed by atoms with E-state index in [-0.39, 0.29) is 0 Å². The Hall–Kier alpha value is -2.07. The van der Waals surface area contributed by atoms with Gasteiger partial charge >= 0.3 is 0 Å². The minimum atomic E-state index is 0.475. The van der Waals surface area contributed by atoms with E-state index in [1.165, 1.54) is 0 Å². The number of hydrogen-bond donors (Lipinski definition) is 1. The molecule has 0 aliphatic heterocycles. The Labute approximate surface area is 109 Å². The van der Waals surface area contributed by atoms with E-state index in [4.69, 9.17) is 17.3 Å². The maximum Gasteiger partial charge on any atom is 0.140 e. The van der Waals surface area contributed by atoms with Crippen molar-refractivity contribution in [2.75, 3.05) is 5.73 Å². The van der Waals surface area contributed by atoms with E-state index in [1.807, 2.05) is 30.6 Å². The van der Waals surface area contributed by atoms with Gasteiger partial charge in [0.15, 0.2) is 0 Å². The molecule has 0 spiro atoms. The van der Waals surface area contributed by atoms with Gasteiger partial charge < -0.3 is 5.73 Å². The molecule has 0 aliphatic carbocycles. The molecule has 0 radical (unpaired) electrons. The van der Waals surface area contributed by atoms with Crippen LogP contribution in [0.5, 0.6) is 0 Å². The predicted octanol–water partition coefficient (Wildman–Crippen LogP) is 2.72. The molecule has 3 rings (SSSR count). The van der Waals surface area contributed by atoms with Gasteiger partial charge in [-0.3, -0.25) is 4.98 Å². The molecule has 2 aromatic heterocycles. The second kappa shape index (κ2) is 4.31. The molecule has 0 saturated heterocycles. The molecule has 0 atom stereocenters. The summed E-state index contributed by atoms with van der Waals surface area (Å²) in [5.74, 6) is 0.476. The molecule has 18 heavy (non-hydrogen) atoms. The van der Waals surface area contributed by atoms with Crippen molar-refractivity contribution in [2.24, 2.45) is 0 Å². The number of anilines is 1. The van der Waals surface area contributed by atoms with Crippen molar-refractivity contribution in [3.8, 4) is 0 Å². The number of fused-ring (bicyclic) bond motifs is 1. The molecule has 3 aromatic rings. The second-order valence-electron chi connectivity index (χ2n) is 4.06. The van der Waals surface area contributed by atoms with Crippen LogP contribution in [0.25, 0.3) is 10.8 Å². The van der Waals surface area contributed by atoms with Gasteiger partial charge in [-0.1, -0.05) is 35.9 Å². The molecular weight excluding hydrogens is 248 g/mol. The van der Waals surface area contributed by atoms with E-state index >= 15 is 0 Å². The molecule has 0 unspecified atom stereocenters.